The van der Waals surface area contributed by atoms with Crippen molar-refractivity contribution in [3.05, 3.63) is 0 Å². The van der Waals surface area contributed by atoms with E-state index < -0.39 is 6.41 Å². The molecular weight excluding hydrogens is 194 g/mol. The number of ether oxygens (including phenoxy) is 2. The smallest absolute Gasteiger partial charge is 0.213 e. The first kappa shape index (κ1) is 9.15. The normalized spacial score (nSPS) is 38.8. The molecule has 12 heavy (non-hydrogen) atoms. The summed E-state index contributed by atoms with van der Waals surface area (Å²) in [7, 11) is 3.90. The maximum Gasteiger partial charge on any atom is 0.213 e. The second-order valence-corrected chi connectivity index (χ2v) is 5.68. The highest BCUT2D eigenvalue weighted by atomic mass is 33.1. The summed E-state index contributed by atoms with van der Waals surface area (Å²) in [5.74, 6) is 3.79. The molecule has 0 radical (unpaired) electrons. The van der Waals surface area contributed by atoms with Crippen molar-refractivity contribution in [2.45, 2.75) is 6.41 Å². The van der Waals surface area contributed by atoms with Gasteiger partial charge in [0.05, 0.1) is 13.2 Å². The lowest BCUT2D eigenvalue weighted by Crippen LogP contribution is -2.40. The van der Waals surface area contributed by atoms with Crippen molar-refractivity contribution in [2.75, 3.05) is 24.7 Å². The zero-order chi connectivity index (χ0) is 8.39. The number of rotatable bonds is 1. The molecule has 0 saturated carbocycles. The topological polar surface area (TPSA) is 44.5 Å². The molecule has 0 aromatic rings. The zero-order valence-corrected chi connectivity index (χ0v) is 8.40. The van der Waals surface area contributed by atoms with E-state index in [0.717, 1.165) is 19.1 Å². The van der Waals surface area contributed by atoms with Gasteiger partial charge in [-0.15, -0.1) is 0 Å². The van der Waals surface area contributed by atoms with Crippen molar-refractivity contribution < 1.29 is 9.47 Å². The van der Waals surface area contributed by atoms with Crippen molar-refractivity contribution >= 4 is 21.6 Å². The summed E-state index contributed by atoms with van der Waals surface area (Å²) < 4.78 is 10.5. The Hall–Kier alpha value is 0.580. The van der Waals surface area contributed by atoms with Crippen LogP contribution in [0.15, 0.2) is 0 Å². The highest BCUT2D eigenvalue weighted by Crippen LogP contribution is 2.39. The van der Waals surface area contributed by atoms with E-state index >= 15 is 0 Å². The Labute approximate surface area is 80.1 Å². The summed E-state index contributed by atoms with van der Waals surface area (Å²) in [4.78, 5) is 0. The molecule has 2 N–H and O–H groups in total. The molecule has 2 aliphatic rings. The molecule has 5 heteroatoms. The molecule has 0 aromatic heterocycles. The summed E-state index contributed by atoms with van der Waals surface area (Å²) in [6, 6.07) is 0. The van der Waals surface area contributed by atoms with Crippen LogP contribution in [0.25, 0.3) is 0 Å². The van der Waals surface area contributed by atoms with Crippen LogP contribution in [0, 0.1) is 11.8 Å². The fraction of sp³-hybridized carbons (Fsp3) is 1.00. The number of nitrogens with two attached hydrogens (primary N) is 1. The minimum Gasteiger partial charge on any atom is -0.340 e. The van der Waals surface area contributed by atoms with E-state index in [-0.39, 0.29) is 0 Å². The van der Waals surface area contributed by atoms with Gasteiger partial charge in [-0.25, -0.2) is 0 Å². The molecule has 0 unspecified atom stereocenters. The second-order valence-electron chi connectivity index (χ2n) is 3.12. The van der Waals surface area contributed by atoms with E-state index in [1.54, 1.807) is 0 Å². The molecule has 2 saturated heterocycles. The van der Waals surface area contributed by atoms with Crippen LogP contribution in [0.5, 0.6) is 0 Å². The quantitative estimate of drug-likeness (QED) is 0.647. The van der Waals surface area contributed by atoms with Gasteiger partial charge < -0.3 is 9.47 Å². The van der Waals surface area contributed by atoms with Gasteiger partial charge in [-0.05, 0) is 5.92 Å². The summed E-state index contributed by atoms with van der Waals surface area (Å²) >= 11 is 0. The molecule has 2 heterocycles. The average molecular weight is 207 g/mol. The lowest BCUT2D eigenvalue weighted by molar-refractivity contribution is -0.202. The summed E-state index contributed by atoms with van der Waals surface area (Å²) in [5.41, 5.74) is 5.44. The third-order valence-corrected chi connectivity index (χ3v) is 4.88. The molecule has 3 nitrogen and oxygen atoms in total. The molecule has 0 aromatic carbocycles. The van der Waals surface area contributed by atoms with Gasteiger partial charge in [-0.2, -0.15) is 0 Å². The van der Waals surface area contributed by atoms with Crippen LogP contribution >= 0.6 is 21.6 Å². The molecule has 0 spiro atoms. The van der Waals surface area contributed by atoms with Gasteiger partial charge in [0, 0.05) is 17.4 Å². The van der Waals surface area contributed by atoms with Gasteiger partial charge in [0.25, 0.3) is 0 Å². The Morgan fingerprint density at radius 2 is 1.58 bits per heavy atom. The van der Waals surface area contributed by atoms with Gasteiger partial charge in [0.15, 0.2) is 0 Å². The van der Waals surface area contributed by atoms with E-state index in [9.17, 15) is 0 Å². The van der Waals surface area contributed by atoms with Crippen molar-refractivity contribution in [1.82, 2.24) is 0 Å². The summed E-state index contributed by atoms with van der Waals surface area (Å²) in [6.07, 6.45) is -0.483. The molecule has 2 rings (SSSR count). The van der Waals surface area contributed by atoms with E-state index in [0.29, 0.717) is 5.92 Å². The van der Waals surface area contributed by atoms with E-state index in [1.807, 2.05) is 21.6 Å². The SMILES string of the molecule is NC1OCC(C2CSSC2)CO1. The molecule has 70 valence electrons. The predicted octanol–water partition coefficient (Wildman–Crippen LogP) is 0.903. The van der Waals surface area contributed by atoms with Crippen LogP contribution in [0.2, 0.25) is 0 Å². The van der Waals surface area contributed by atoms with E-state index in [1.165, 1.54) is 11.5 Å². The predicted molar refractivity (Wildman–Crippen MR) is 51.8 cm³/mol. The maximum absolute atomic E-state index is 5.44. The first-order chi connectivity index (χ1) is 5.86. The molecular formula is C7H13NO2S2. The summed E-state index contributed by atoms with van der Waals surface area (Å²) in [5, 5.41) is 0. The first-order valence-electron chi connectivity index (χ1n) is 4.09. The maximum atomic E-state index is 5.44. The van der Waals surface area contributed by atoms with E-state index in [4.69, 9.17) is 15.2 Å². The van der Waals surface area contributed by atoms with Crippen LogP contribution < -0.4 is 5.73 Å². The van der Waals surface area contributed by atoms with Gasteiger partial charge in [0.2, 0.25) is 6.41 Å². The highest BCUT2D eigenvalue weighted by Gasteiger charge is 2.30. The monoisotopic (exact) mass is 207 g/mol. The standard InChI is InChI=1S/C7H13NO2S2/c8-7-9-1-5(2-10-7)6-3-11-12-4-6/h5-7H,1-4,8H2. The van der Waals surface area contributed by atoms with Crippen LogP contribution in [0.4, 0.5) is 0 Å². The average Bonchev–Trinajstić information content (AvgIpc) is 2.58. The second kappa shape index (κ2) is 4.19. The third-order valence-electron chi connectivity index (χ3n) is 2.26. The minimum atomic E-state index is -0.483. The van der Waals surface area contributed by atoms with Crippen LogP contribution in [-0.4, -0.2) is 31.1 Å². The van der Waals surface area contributed by atoms with Gasteiger partial charge in [-0.1, -0.05) is 21.6 Å². The lowest BCUT2D eigenvalue weighted by atomic mass is 9.97. The number of hydrogen-bond donors (Lipinski definition) is 1. The third kappa shape index (κ3) is 2.09. The van der Waals surface area contributed by atoms with E-state index in [2.05, 4.69) is 0 Å². The zero-order valence-electron chi connectivity index (χ0n) is 6.77. The Kier molecular flexibility index (Phi) is 3.20. The van der Waals surface area contributed by atoms with Crippen LogP contribution in [0.1, 0.15) is 0 Å². The Morgan fingerprint density at radius 3 is 2.17 bits per heavy atom. The van der Waals surface area contributed by atoms with Crippen molar-refractivity contribution in [2.24, 2.45) is 17.6 Å². The molecule has 0 bridgehead atoms. The Morgan fingerprint density at radius 1 is 1.00 bits per heavy atom. The van der Waals surface area contributed by atoms with Gasteiger partial charge in [0.1, 0.15) is 0 Å². The lowest BCUT2D eigenvalue weighted by Gasteiger charge is -2.29. The van der Waals surface area contributed by atoms with Gasteiger partial charge >= 0.3 is 0 Å². The van der Waals surface area contributed by atoms with Gasteiger partial charge in [-0.3, -0.25) is 5.73 Å². The molecule has 2 fully saturated rings. The molecule has 0 amide bonds. The van der Waals surface area contributed by atoms with Crippen molar-refractivity contribution in [3.63, 3.8) is 0 Å². The van der Waals surface area contributed by atoms with Crippen LogP contribution in [-0.2, 0) is 9.47 Å². The molecule has 0 aliphatic carbocycles. The molecule has 0 atom stereocenters. The Balaban J connectivity index is 1.80. The largest absolute Gasteiger partial charge is 0.340 e. The number of hydrogen-bond acceptors (Lipinski definition) is 5. The first-order valence-corrected chi connectivity index (χ1v) is 6.58. The van der Waals surface area contributed by atoms with Crippen LogP contribution in [0.3, 0.4) is 0 Å². The Bertz CT molecular complexity index is 144. The van der Waals surface area contributed by atoms with Crippen molar-refractivity contribution in [3.8, 4) is 0 Å². The minimum absolute atomic E-state index is 0.483. The fourth-order valence-corrected chi connectivity index (χ4v) is 4.49. The highest BCUT2D eigenvalue weighted by molar-refractivity contribution is 8.77. The summed E-state index contributed by atoms with van der Waals surface area (Å²) in [6.45, 7) is 1.54. The fourth-order valence-electron chi connectivity index (χ4n) is 1.40. The van der Waals surface area contributed by atoms with Crippen molar-refractivity contribution in [1.29, 1.82) is 0 Å². The molecule has 2 aliphatic heterocycles.